The van der Waals surface area contributed by atoms with Gasteiger partial charge in [-0.1, -0.05) is 30.4 Å². The van der Waals surface area contributed by atoms with E-state index in [4.69, 9.17) is 18.0 Å². The number of halogens is 2. The lowest BCUT2D eigenvalue weighted by Crippen LogP contribution is -2.15. The number of hydrogen-bond acceptors (Lipinski definition) is 2. The van der Waals surface area contributed by atoms with E-state index in [0.29, 0.717) is 23.4 Å². The molecule has 0 atom stereocenters. The minimum Gasteiger partial charge on any atom is -0.389 e. The predicted molar refractivity (Wildman–Crippen MR) is 85.5 cm³/mol. The molecule has 0 aromatic heterocycles. The second kappa shape index (κ2) is 6.18. The highest BCUT2D eigenvalue weighted by Gasteiger charge is 2.11. The zero-order valence-corrected chi connectivity index (χ0v) is 12.7. The van der Waals surface area contributed by atoms with Crippen molar-refractivity contribution in [2.45, 2.75) is 20.4 Å². The topological polar surface area (TPSA) is 38.0 Å². The highest BCUT2D eigenvalue weighted by Crippen LogP contribution is 2.21. The molecular weight excluding hydrogens is 290 g/mol. The SMILES string of the molecule is Cc1cc(CNc2cccc(F)c2C(N)=S)cc(C)c1F. The van der Waals surface area contributed by atoms with E-state index < -0.39 is 5.82 Å². The number of rotatable bonds is 4. The first kappa shape index (κ1) is 15.4. The first-order valence-electron chi connectivity index (χ1n) is 6.48. The monoisotopic (exact) mass is 306 g/mol. The average Bonchev–Trinajstić information content (AvgIpc) is 2.41. The average molecular weight is 306 g/mol. The first-order valence-corrected chi connectivity index (χ1v) is 6.88. The van der Waals surface area contributed by atoms with Gasteiger partial charge in [0.1, 0.15) is 16.6 Å². The summed E-state index contributed by atoms with van der Waals surface area (Å²) >= 11 is 4.87. The van der Waals surface area contributed by atoms with Gasteiger partial charge < -0.3 is 11.1 Å². The molecule has 0 aliphatic heterocycles. The molecule has 2 aromatic carbocycles. The normalized spacial score (nSPS) is 10.5. The van der Waals surface area contributed by atoms with Crippen molar-refractivity contribution in [2.75, 3.05) is 5.32 Å². The second-order valence-electron chi connectivity index (χ2n) is 4.92. The highest BCUT2D eigenvalue weighted by molar-refractivity contribution is 7.80. The molecule has 0 aliphatic rings. The molecule has 2 rings (SSSR count). The van der Waals surface area contributed by atoms with Crippen molar-refractivity contribution >= 4 is 22.9 Å². The maximum atomic E-state index is 13.8. The molecule has 0 saturated heterocycles. The van der Waals surface area contributed by atoms with E-state index in [2.05, 4.69) is 5.32 Å². The van der Waals surface area contributed by atoms with E-state index in [1.54, 1.807) is 38.1 Å². The van der Waals surface area contributed by atoms with Gasteiger partial charge in [-0.3, -0.25) is 0 Å². The largest absolute Gasteiger partial charge is 0.389 e. The molecule has 3 N–H and O–H groups in total. The fraction of sp³-hybridized carbons (Fsp3) is 0.188. The molecule has 0 aliphatic carbocycles. The summed E-state index contributed by atoms with van der Waals surface area (Å²) in [6.45, 7) is 3.87. The lowest BCUT2D eigenvalue weighted by molar-refractivity contribution is 0.608. The van der Waals surface area contributed by atoms with Crippen LogP contribution in [0.25, 0.3) is 0 Å². The number of nitrogens with one attached hydrogen (secondary N) is 1. The van der Waals surface area contributed by atoms with Crippen LogP contribution in [0.5, 0.6) is 0 Å². The van der Waals surface area contributed by atoms with Crippen LogP contribution >= 0.6 is 12.2 Å². The molecule has 0 amide bonds. The molecule has 110 valence electrons. The molecule has 0 unspecified atom stereocenters. The third-order valence-electron chi connectivity index (χ3n) is 3.24. The van der Waals surface area contributed by atoms with E-state index in [9.17, 15) is 8.78 Å². The zero-order valence-electron chi connectivity index (χ0n) is 11.8. The minimum atomic E-state index is -0.459. The summed E-state index contributed by atoms with van der Waals surface area (Å²) in [7, 11) is 0. The Morgan fingerprint density at radius 2 is 1.81 bits per heavy atom. The smallest absolute Gasteiger partial charge is 0.135 e. The third kappa shape index (κ3) is 3.36. The quantitative estimate of drug-likeness (QED) is 0.843. The Balaban J connectivity index is 2.25. The first-order chi connectivity index (χ1) is 9.90. The molecule has 2 aromatic rings. The number of aryl methyl sites for hydroxylation is 2. The molecular formula is C16H16F2N2S. The van der Waals surface area contributed by atoms with Crippen LogP contribution in [-0.2, 0) is 6.54 Å². The molecule has 2 nitrogen and oxygen atoms in total. The van der Waals surface area contributed by atoms with Crippen molar-refractivity contribution in [3.05, 3.63) is 64.2 Å². The van der Waals surface area contributed by atoms with E-state index in [1.807, 2.05) is 0 Å². The highest BCUT2D eigenvalue weighted by atomic mass is 32.1. The van der Waals surface area contributed by atoms with Gasteiger partial charge in [0.15, 0.2) is 0 Å². The maximum Gasteiger partial charge on any atom is 0.135 e. The molecule has 0 bridgehead atoms. The van der Waals surface area contributed by atoms with E-state index >= 15 is 0 Å². The van der Waals surface area contributed by atoms with Crippen LogP contribution in [0.2, 0.25) is 0 Å². The summed E-state index contributed by atoms with van der Waals surface area (Å²) in [5.74, 6) is -0.660. The number of anilines is 1. The lowest BCUT2D eigenvalue weighted by Gasteiger charge is -2.13. The fourth-order valence-corrected chi connectivity index (χ4v) is 2.46. The van der Waals surface area contributed by atoms with Crippen molar-refractivity contribution in [3.63, 3.8) is 0 Å². The molecule has 0 radical (unpaired) electrons. The van der Waals surface area contributed by atoms with Crippen LogP contribution in [0, 0.1) is 25.5 Å². The number of hydrogen-bond donors (Lipinski definition) is 2. The molecule has 21 heavy (non-hydrogen) atoms. The van der Waals surface area contributed by atoms with Crippen LogP contribution in [0.4, 0.5) is 14.5 Å². The van der Waals surface area contributed by atoms with Gasteiger partial charge >= 0.3 is 0 Å². The Bertz CT molecular complexity index is 676. The fourth-order valence-electron chi connectivity index (χ4n) is 2.26. The Hall–Kier alpha value is -2.01. The van der Waals surface area contributed by atoms with Crippen molar-refractivity contribution in [1.82, 2.24) is 0 Å². The number of nitrogens with two attached hydrogens (primary N) is 1. The van der Waals surface area contributed by atoms with Gasteiger partial charge in [0, 0.05) is 12.2 Å². The maximum absolute atomic E-state index is 13.8. The van der Waals surface area contributed by atoms with Crippen LogP contribution in [-0.4, -0.2) is 4.99 Å². The van der Waals surface area contributed by atoms with Crippen LogP contribution in [0.1, 0.15) is 22.3 Å². The van der Waals surface area contributed by atoms with Gasteiger partial charge in [-0.05, 0) is 42.7 Å². The molecule has 0 heterocycles. The van der Waals surface area contributed by atoms with Crippen LogP contribution in [0.3, 0.4) is 0 Å². The Labute approximate surface area is 128 Å². The van der Waals surface area contributed by atoms with Crippen LogP contribution < -0.4 is 11.1 Å². The molecule has 5 heteroatoms. The van der Waals surface area contributed by atoms with E-state index in [0.717, 1.165) is 5.56 Å². The van der Waals surface area contributed by atoms with Crippen molar-refractivity contribution < 1.29 is 8.78 Å². The summed E-state index contributed by atoms with van der Waals surface area (Å²) in [5, 5.41) is 3.10. The van der Waals surface area contributed by atoms with Gasteiger partial charge in [0.05, 0.1) is 5.56 Å². The number of thiocarbonyl (C=S) groups is 1. The Morgan fingerprint density at radius 3 is 2.38 bits per heavy atom. The summed E-state index contributed by atoms with van der Waals surface area (Å²) < 4.78 is 27.3. The predicted octanol–water partition coefficient (Wildman–Crippen LogP) is 3.83. The van der Waals surface area contributed by atoms with E-state index in [1.165, 1.54) is 6.07 Å². The summed E-state index contributed by atoms with van der Waals surface area (Å²) in [4.78, 5) is 0.00191. The standard InChI is InChI=1S/C16H16F2N2S/c1-9-6-11(7-10(2)15(9)18)8-20-13-5-3-4-12(17)14(13)16(19)21/h3-7,20H,8H2,1-2H3,(H2,19,21). The Morgan fingerprint density at radius 1 is 1.19 bits per heavy atom. The summed E-state index contributed by atoms with van der Waals surface area (Å²) in [6.07, 6.45) is 0. The van der Waals surface area contributed by atoms with Gasteiger partial charge in [-0.2, -0.15) is 0 Å². The summed E-state index contributed by atoms with van der Waals surface area (Å²) in [5.41, 5.74) is 8.36. The van der Waals surface area contributed by atoms with Gasteiger partial charge in [-0.25, -0.2) is 8.78 Å². The van der Waals surface area contributed by atoms with Gasteiger partial charge in [-0.15, -0.1) is 0 Å². The van der Waals surface area contributed by atoms with Gasteiger partial charge in [0.25, 0.3) is 0 Å². The van der Waals surface area contributed by atoms with Crippen LogP contribution in [0.15, 0.2) is 30.3 Å². The molecule has 0 saturated carbocycles. The second-order valence-corrected chi connectivity index (χ2v) is 5.36. The Kier molecular flexibility index (Phi) is 4.53. The van der Waals surface area contributed by atoms with Crippen molar-refractivity contribution in [2.24, 2.45) is 5.73 Å². The minimum absolute atomic E-state index is 0.00191. The van der Waals surface area contributed by atoms with Crippen molar-refractivity contribution in [1.29, 1.82) is 0 Å². The third-order valence-corrected chi connectivity index (χ3v) is 3.44. The lowest BCUT2D eigenvalue weighted by atomic mass is 10.1. The summed E-state index contributed by atoms with van der Waals surface area (Å²) in [6, 6.07) is 8.12. The van der Waals surface area contributed by atoms with E-state index in [-0.39, 0.29) is 16.4 Å². The molecule has 0 fully saturated rings. The number of benzene rings is 2. The van der Waals surface area contributed by atoms with Gasteiger partial charge in [0.2, 0.25) is 0 Å². The molecule has 0 spiro atoms. The zero-order chi connectivity index (χ0) is 15.6. The van der Waals surface area contributed by atoms with Crippen molar-refractivity contribution in [3.8, 4) is 0 Å².